The second kappa shape index (κ2) is 5.27. The van der Waals surface area contributed by atoms with Crippen molar-refractivity contribution in [3.63, 3.8) is 0 Å². The Morgan fingerprint density at radius 3 is 2.82 bits per heavy atom. The van der Waals surface area contributed by atoms with Crippen molar-refractivity contribution in [1.82, 2.24) is 14.8 Å². The van der Waals surface area contributed by atoms with Gasteiger partial charge < -0.3 is 10.1 Å². The Kier molecular flexibility index (Phi) is 3.73. The third-order valence-electron chi connectivity index (χ3n) is 3.35. The second-order valence-corrected chi connectivity index (χ2v) is 4.51. The summed E-state index contributed by atoms with van der Waals surface area (Å²) in [7, 11) is 0. The fourth-order valence-electron chi connectivity index (χ4n) is 2.26. The van der Waals surface area contributed by atoms with E-state index < -0.39 is 0 Å². The van der Waals surface area contributed by atoms with Crippen LogP contribution in [0.5, 0.6) is 0 Å². The molecule has 0 N–H and O–H groups in total. The zero-order valence-electron chi connectivity index (χ0n) is 10.1. The molecule has 6 nitrogen and oxygen atoms in total. The highest BCUT2D eigenvalue weighted by Crippen LogP contribution is 2.09. The number of hydrogen-bond acceptors (Lipinski definition) is 4. The van der Waals surface area contributed by atoms with Gasteiger partial charge in [0.05, 0.1) is 5.69 Å². The van der Waals surface area contributed by atoms with Crippen molar-refractivity contribution in [1.29, 1.82) is 0 Å². The van der Waals surface area contributed by atoms with Crippen LogP contribution in [0.15, 0.2) is 6.33 Å². The Hall–Kier alpha value is -1.43. The number of aromatic nitrogens is 3. The van der Waals surface area contributed by atoms with Gasteiger partial charge in [-0.2, -0.15) is 4.85 Å². The van der Waals surface area contributed by atoms with Gasteiger partial charge in [0.25, 0.3) is 0 Å². The molecule has 2 heterocycles. The van der Waals surface area contributed by atoms with Gasteiger partial charge in [0.15, 0.2) is 5.69 Å². The summed E-state index contributed by atoms with van der Waals surface area (Å²) in [6.45, 7) is 4.67. The van der Waals surface area contributed by atoms with Crippen LogP contribution in [0.4, 0.5) is 0 Å². The third kappa shape index (κ3) is 2.82. The number of rotatable bonds is 3. The molecule has 0 amide bonds. The van der Waals surface area contributed by atoms with Gasteiger partial charge in [-0.3, -0.25) is 0 Å². The summed E-state index contributed by atoms with van der Waals surface area (Å²) in [6, 6.07) is 0. The van der Waals surface area contributed by atoms with E-state index in [0.29, 0.717) is 27.1 Å². The lowest BCUT2D eigenvalue weighted by atomic mass is 10.1. The molecule has 1 aliphatic rings. The standard InChI is InChI=1S/C11H18N4O2/c1-10-11(14(16)9-12-15(10)17)5-8-13-6-3-2-4-7-13/h9H,2-8H2,1H3. The smallest absolute Gasteiger partial charge is 0.355 e. The molecule has 0 aromatic carbocycles. The maximum absolute atomic E-state index is 11.5. The molecule has 1 aromatic rings. The van der Waals surface area contributed by atoms with E-state index in [4.69, 9.17) is 0 Å². The molecule has 0 saturated carbocycles. The summed E-state index contributed by atoms with van der Waals surface area (Å²) >= 11 is 0. The van der Waals surface area contributed by atoms with Crippen molar-refractivity contribution in [2.45, 2.75) is 32.6 Å². The fraction of sp³-hybridized carbons (Fsp3) is 0.727. The number of hydrogen-bond donors (Lipinski definition) is 0. The van der Waals surface area contributed by atoms with Crippen molar-refractivity contribution in [3.8, 4) is 0 Å². The van der Waals surface area contributed by atoms with Crippen LogP contribution in [0, 0.1) is 17.0 Å². The molecule has 0 radical (unpaired) electrons. The van der Waals surface area contributed by atoms with Crippen LogP contribution in [0.25, 0.3) is 0 Å². The van der Waals surface area contributed by atoms with Crippen molar-refractivity contribution in [2.24, 2.45) is 0 Å². The average Bonchev–Trinajstić information content (AvgIpc) is 2.35. The van der Waals surface area contributed by atoms with Gasteiger partial charge in [-0.05, 0) is 32.9 Å². The van der Waals surface area contributed by atoms with Crippen LogP contribution in [-0.2, 0) is 6.42 Å². The zero-order valence-corrected chi connectivity index (χ0v) is 10.1. The molecule has 1 aliphatic heterocycles. The minimum Gasteiger partial charge on any atom is -0.773 e. The molecule has 2 rings (SSSR count). The minimum absolute atomic E-state index is 0.402. The molecule has 0 atom stereocenters. The van der Waals surface area contributed by atoms with Crippen LogP contribution in [0.2, 0.25) is 0 Å². The van der Waals surface area contributed by atoms with Crippen LogP contribution in [-0.4, -0.2) is 34.5 Å². The summed E-state index contributed by atoms with van der Waals surface area (Å²) in [4.78, 5) is 14.4. The predicted molar refractivity (Wildman–Crippen MR) is 63.1 cm³/mol. The molecule has 94 valence electrons. The summed E-state index contributed by atoms with van der Waals surface area (Å²) < 4.78 is 0.702. The molecule has 0 spiro atoms. The summed E-state index contributed by atoms with van der Waals surface area (Å²) in [6.07, 6.45) is 5.40. The Morgan fingerprint density at radius 1 is 1.41 bits per heavy atom. The van der Waals surface area contributed by atoms with Gasteiger partial charge in [-0.25, -0.2) is 0 Å². The molecule has 0 aliphatic carbocycles. The zero-order chi connectivity index (χ0) is 12.3. The lowest BCUT2D eigenvalue weighted by molar-refractivity contribution is -0.511. The summed E-state index contributed by atoms with van der Waals surface area (Å²) in [5.74, 6) is 0. The number of likely N-dealkylation sites (tertiary alicyclic amines) is 1. The Balaban J connectivity index is 2.03. The molecule has 0 bridgehead atoms. The van der Waals surface area contributed by atoms with E-state index in [1.807, 2.05) is 0 Å². The first-order valence-electron chi connectivity index (χ1n) is 6.08. The van der Waals surface area contributed by atoms with E-state index in [1.54, 1.807) is 6.92 Å². The first kappa shape index (κ1) is 12.0. The maximum atomic E-state index is 11.5. The number of piperidine rings is 1. The molecule has 0 unspecified atom stereocenters. The Labute approximate surface area is 100 Å². The topological polar surface area (TPSA) is 67.1 Å². The molecular formula is C11H18N4O2. The fourth-order valence-corrected chi connectivity index (χ4v) is 2.26. The van der Waals surface area contributed by atoms with Crippen LogP contribution in [0.3, 0.4) is 0 Å². The van der Waals surface area contributed by atoms with Gasteiger partial charge in [0.1, 0.15) is 0 Å². The van der Waals surface area contributed by atoms with E-state index in [-0.39, 0.29) is 0 Å². The van der Waals surface area contributed by atoms with Gasteiger partial charge in [-0.1, -0.05) is 11.3 Å². The molecule has 17 heavy (non-hydrogen) atoms. The quantitative estimate of drug-likeness (QED) is 0.718. The summed E-state index contributed by atoms with van der Waals surface area (Å²) in [5, 5.41) is 14.7. The van der Waals surface area contributed by atoms with E-state index in [1.165, 1.54) is 19.3 Å². The lowest BCUT2D eigenvalue weighted by Crippen LogP contribution is -2.35. The first-order valence-corrected chi connectivity index (χ1v) is 6.08. The molecule has 6 heteroatoms. The van der Waals surface area contributed by atoms with Crippen molar-refractivity contribution in [2.75, 3.05) is 19.6 Å². The van der Waals surface area contributed by atoms with Gasteiger partial charge in [0.2, 0.25) is 0 Å². The first-order chi connectivity index (χ1) is 8.18. The second-order valence-electron chi connectivity index (χ2n) is 4.51. The highest BCUT2D eigenvalue weighted by Gasteiger charge is 2.15. The monoisotopic (exact) mass is 238 g/mol. The van der Waals surface area contributed by atoms with E-state index in [9.17, 15) is 10.1 Å². The number of nitrogens with zero attached hydrogens (tertiary/aromatic N) is 4. The Bertz CT molecular complexity index is 438. The van der Waals surface area contributed by atoms with Crippen LogP contribution in [0.1, 0.15) is 30.7 Å². The van der Waals surface area contributed by atoms with E-state index in [0.717, 1.165) is 26.0 Å². The van der Waals surface area contributed by atoms with Gasteiger partial charge in [-0.15, -0.1) is 0 Å². The maximum Gasteiger partial charge on any atom is 0.355 e. The third-order valence-corrected chi connectivity index (χ3v) is 3.35. The van der Waals surface area contributed by atoms with Crippen LogP contribution >= 0.6 is 0 Å². The predicted octanol–water partition coefficient (Wildman–Crippen LogP) is 0.480. The highest BCUT2D eigenvalue weighted by molar-refractivity contribution is 5.04. The molecular weight excluding hydrogens is 220 g/mol. The van der Waals surface area contributed by atoms with Gasteiger partial charge in [0, 0.05) is 22.5 Å². The van der Waals surface area contributed by atoms with E-state index in [2.05, 4.69) is 10.00 Å². The van der Waals surface area contributed by atoms with Crippen molar-refractivity contribution < 1.29 is 4.43 Å². The normalized spacial score (nSPS) is 17.2. The molecule has 1 fully saturated rings. The summed E-state index contributed by atoms with van der Waals surface area (Å²) in [5.41, 5.74) is 0.931. The minimum atomic E-state index is 0.402. The van der Waals surface area contributed by atoms with Crippen molar-refractivity contribution >= 4 is 0 Å². The largest absolute Gasteiger partial charge is 0.773 e. The Morgan fingerprint density at radius 2 is 2.12 bits per heavy atom. The molecule has 1 saturated heterocycles. The van der Waals surface area contributed by atoms with E-state index >= 15 is 0 Å². The average molecular weight is 238 g/mol. The SMILES string of the molecule is Cc1c(CCN2CCCCC2)[n+](=O)cnn1[O-]. The van der Waals surface area contributed by atoms with Gasteiger partial charge >= 0.3 is 6.33 Å². The lowest BCUT2D eigenvalue weighted by Gasteiger charge is -2.25. The van der Waals surface area contributed by atoms with Crippen LogP contribution < -0.4 is 4.43 Å². The highest BCUT2D eigenvalue weighted by atomic mass is 16.5. The molecule has 1 aromatic heterocycles. The van der Waals surface area contributed by atoms with Crippen molar-refractivity contribution in [3.05, 3.63) is 27.8 Å².